The smallest absolute Gasteiger partial charge is 0.251 e. The Kier molecular flexibility index (Phi) is 5.76. The third kappa shape index (κ3) is 5.26. The molecule has 1 saturated carbocycles. The van der Waals surface area contributed by atoms with Gasteiger partial charge in [0.25, 0.3) is 5.91 Å². The summed E-state index contributed by atoms with van der Waals surface area (Å²) in [6, 6.07) is 6.20. The maximum Gasteiger partial charge on any atom is 0.251 e. The van der Waals surface area contributed by atoms with Crippen LogP contribution in [0.2, 0.25) is 0 Å². The minimum absolute atomic E-state index is 0.0741. The molecule has 1 aliphatic carbocycles. The normalized spacial score (nSPS) is 19.7. The van der Waals surface area contributed by atoms with E-state index >= 15 is 0 Å². The van der Waals surface area contributed by atoms with Gasteiger partial charge in [-0.2, -0.15) is 0 Å². The second kappa shape index (κ2) is 7.85. The summed E-state index contributed by atoms with van der Waals surface area (Å²) >= 11 is 0. The zero-order chi connectivity index (χ0) is 17.9. The van der Waals surface area contributed by atoms with Crippen LogP contribution in [-0.4, -0.2) is 51.4 Å². The monoisotopic (exact) mass is 365 g/mol. The lowest BCUT2D eigenvalue weighted by atomic mass is 10.1. The van der Waals surface area contributed by atoms with E-state index in [4.69, 9.17) is 0 Å². The number of nitrogens with zero attached hydrogens (tertiary/aromatic N) is 1. The van der Waals surface area contributed by atoms with E-state index in [1.807, 2.05) is 0 Å². The second-order valence-electron chi connectivity index (χ2n) is 7.24. The van der Waals surface area contributed by atoms with Crippen molar-refractivity contribution in [3.63, 3.8) is 0 Å². The van der Waals surface area contributed by atoms with Gasteiger partial charge in [0, 0.05) is 24.7 Å². The first-order chi connectivity index (χ1) is 11.9. The number of rotatable bonds is 8. The molecule has 0 unspecified atom stereocenters. The zero-order valence-electron chi connectivity index (χ0n) is 14.7. The molecule has 0 spiro atoms. The van der Waals surface area contributed by atoms with Crippen molar-refractivity contribution in [3.8, 4) is 0 Å². The van der Waals surface area contributed by atoms with Crippen LogP contribution < -0.4 is 10.0 Å². The van der Waals surface area contributed by atoms with Crippen LogP contribution in [0.3, 0.4) is 0 Å². The highest BCUT2D eigenvalue weighted by molar-refractivity contribution is 7.89. The molecule has 1 saturated heterocycles. The van der Waals surface area contributed by atoms with Crippen LogP contribution >= 0.6 is 0 Å². The van der Waals surface area contributed by atoms with Gasteiger partial charge in [-0.3, -0.25) is 4.79 Å². The minimum Gasteiger partial charge on any atom is -0.352 e. The highest BCUT2D eigenvalue weighted by Gasteiger charge is 2.28. The summed E-state index contributed by atoms with van der Waals surface area (Å²) in [4.78, 5) is 14.9. The van der Waals surface area contributed by atoms with E-state index in [1.54, 1.807) is 12.1 Å². The minimum atomic E-state index is -3.47. The fraction of sp³-hybridized carbons (Fsp3) is 0.611. The average Bonchev–Trinajstić information content (AvgIpc) is 3.24. The SMILES string of the molecule is C[C@H](CNC(=O)c1ccc(S(=O)(=O)NC2CC2)cc1)CN1CCCC1. The van der Waals surface area contributed by atoms with E-state index in [1.165, 1.54) is 25.0 Å². The number of nitrogens with one attached hydrogen (secondary N) is 2. The molecule has 2 N–H and O–H groups in total. The van der Waals surface area contributed by atoms with Gasteiger partial charge in [0.15, 0.2) is 0 Å². The van der Waals surface area contributed by atoms with Crippen LogP contribution in [0, 0.1) is 5.92 Å². The van der Waals surface area contributed by atoms with Crippen LogP contribution in [0.15, 0.2) is 29.2 Å². The molecule has 2 fully saturated rings. The Morgan fingerprint density at radius 1 is 1.20 bits per heavy atom. The average molecular weight is 365 g/mol. The molecule has 1 aromatic carbocycles. The van der Waals surface area contributed by atoms with Crippen molar-refractivity contribution in [2.75, 3.05) is 26.2 Å². The van der Waals surface area contributed by atoms with Crippen molar-refractivity contribution in [2.24, 2.45) is 5.92 Å². The van der Waals surface area contributed by atoms with Crippen molar-refractivity contribution in [1.29, 1.82) is 0 Å². The Labute approximate surface area is 150 Å². The summed E-state index contributed by atoms with van der Waals surface area (Å²) < 4.78 is 26.9. The Balaban J connectivity index is 1.50. The first-order valence-corrected chi connectivity index (χ1v) is 10.6. The largest absolute Gasteiger partial charge is 0.352 e. The number of likely N-dealkylation sites (tertiary alicyclic amines) is 1. The summed E-state index contributed by atoms with van der Waals surface area (Å²) in [6.45, 7) is 6.08. The summed E-state index contributed by atoms with van der Waals surface area (Å²) in [7, 11) is -3.47. The Morgan fingerprint density at radius 3 is 2.44 bits per heavy atom. The van der Waals surface area contributed by atoms with Crippen LogP contribution in [0.25, 0.3) is 0 Å². The van der Waals surface area contributed by atoms with Gasteiger partial charge in [0.2, 0.25) is 10.0 Å². The summed E-state index contributed by atoms with van der Waals surface area (Å²) in [6.07, 6.45) is 4.33. The lowest BCUT2D eigenvalue weighted by molar-refractivity contribution is 0.0945. The number of carbonyl (C=O) groups is 1. The zero-order valence-corrected chi connectivity index (χ0v) is 15.5. The van der Waals surface area contributed by atoms with Gasteiger partial charge in [-0.15, -0.1) is 0 Å². The molecule has 1 heterocycles. The Morgan fingerprint density at radius 2 is 1.84 bits per heavy atom. The third-order valence-corrected chi connectivity index (χ3v) is 6.24. The van der Waals surface area contributed by atoms with E-state index in [-0.39, 0.29) is 16.8 Å². The molecule has 138 valence electrons. The molecule has 0 aromatic heterocycles. The van der Waals surface area contributed by atoms with E-state index in [0.29, 0.717) is 18.0 Å². The summed E-state index contributed by atoms with van der Waals surface area (Å²) in [5.41, 5.74) is 0.485. The number of amides is 1. The first kappa shape index (κ1) is 18.4. The molecule has 6 nitrogen and oxygen atoms in total. The van der Waals surface area contributed by atoms with Gasteiger partial charge in [0.1, 0.15) is 0 Å². The fourth-order valence-electron chi connectivity index (χ4n) is 3.11. The predicted molar refractivity (Wildman–Crippen MR) is 97.0 cm³/mol. The molecule has 0 bridgehead atoms. The highest BCUT2D eigenvalue weighted by Crippen LogP contribution is 2.22. The summed E-state index contributed by atoms with van der Waals surface area (Å²) in [5, 5.41) is 2.94. The quantitative estimate of drug-likeness (QED) is 0.733. The Bertz CT molecular complexity index is 693. The predicted octanol–water partition coefficient (Wildman–Crippen LogP) is 1.59. The maximum absolute atomic E-state index is 12.2. The van der Waals surface area contributed by atoms with Crippen molar-refractivity contribution in [2.45, 2.75) is 43.5 Å². The van der Waals surface area contributed by atoms with E-state index in [2.05, 4.69) is 21.9 Å². The molecule has 1 aliphatic heterocycles. The number of benzene rings is 1. The molecule has 1 aromatic rings. The van der Waals surface area contributed by atoms with Gasteiger partial charge in [0.05, 0.1) is 4.90 Å². The van der Waals surface area contributed by atoms with Gasteiger partial charge in [-0.1, -0.05) is 6.92 Å². The second-order valence-corrected chi connectivity index (χ2v) is 8.96. The number of hydrogen-bond donors (Lipinski definition) is 2. The lowest BCUT2D eigenvalue weighted by Gasteiger charge is -2.20. The standard InChI is InChI=1S/C18H27N3O3S/c1-14(13-21-10-2-3-11-21)12-19-18(22)15-4-8-17(9-5-15)25(23,24)20-16-6-7-16/h4-5,8-9,14,16,20H,2-3,6-7,10-13H2,1H3,(H,19,22)/t14-/m1/s1. The van der Waals surface area contributed by atoms with Crippen LogP contribution in [-0.2, 0) is 10.0 Å². The fourth-order valence-corrected chi connectivity index (χ4v) is 4.42. The molecule has 7 heteroatoms. The van der Waals surface area contributed by atoms with Crippen molar-refractivity contribution in [1.82, 2.24) is 14.9 Å². The van der Waals surface area contributed by atoms with Gasteiger partial charge in [-0.25, -0.2) is 13.1 Å². The summed E-state index contributed by atoms with van der Waals surface area (Å²) in [5.74, 6) is 0.233. The lowest BCUT2D eigenvalue weighted by Crippen LogP contribution is -2.34. The third-order valence-electron chi connectivity index (χ3n) is 4.71. The van der Waals surface area contributed by atoms with Crippen molar-refractivity contribution < 1.29 is 13.2 Å². The molecule has 2 aliphatic rings. The maximum atomic E-state index is 12.2. The number of sulfonamides is 1. The van der Waals surface area contributed by atoms with E-state index < -0.39 is 10.0 Å². The molecule has 1 atom stereocenters. The number of carbonyl (C=O) groups excluding carboxylic acids is 1. The van der Waals surface area contributed by atoms with Gasteiger partial charge >= 0.3 is 0 Å². The molecule has 1 amide bonds. The van der Waals surface area contributed by atoms with Crippen LogP contribution in [0.4, 0.5) is 0 Å². The van der Waals surface area contributed by atoms with Crippen LogP contribution in [0.1, 0.15) is 43.0 Å². The van der Waals surface area contributed by atoms with E-state index in [9.17, 15) is 13.2 Å². The highest BCUT2D eigenvalue weighted by atomic mass is 32.2. The molecule has 0 radical (unpaired) electrons. The number of hydrogen-bond acceptors (Lipinski definition) is 4. The van der Waals surface area contributed by atoms with Gasteiger partial charge in [-0.05, 0) is 69.0 Å². The van der Waals surface area contributed by atoms with Gasteiger partial charge < -0.3 is 10.2 Å². The van der Waals surface area contributed by atoms with E-state index in [0.717, 1.165) is 32.5 Å². The van der Waals surface area contributed by atoms with Crippen LogP contribution in [0.5, 0.6) is 0 Å². The molecular formula is C18H27N3O3S. The van der Waals surface area contributed by atoms with Crippen molar-refractivity contribution in [3.05, 3.63) is 29.8 Å². The molecule has 25 heavy (non-hydrogen) atoms. The van der Waals surface area contributed by atoms with Crippen molar-refractivity contribution >= 4 is 15.9 Å². The molecular weight excluding hydrogens is 338 g/mol. The first-order valence-electron chi connectivity index (χ1n) is 9.07. The topological polar surface area (TPSA) is 78.5 Å². The Hall–Kier alpha value is -1.44. The molecule has 3 rings (SSSR count).